The first-order valence-electron chi connectivity index (χ1n) is 5.65. The Labute approximate surface area is 126 Å². The number of hydrogen-bond donors (Lipinski definition) is 0. The highest BCUT2D eigenvalue weighted by Crippen LogP contribution is 2.26. The molecule has 0 saturated heterocycles. The topological polar surface area (TPSA) is 62.4 Å². The van der Waals surface area contributed by atoms with Crippen LogP contribution in [0.15, 0.2) is 67.2 Å². The van der Waals surface area contributed by atoms with Gasteiger partial charge in [-0.1, -0.05) is 15.9 Å². The van der Waals surface area contributed by atoms with Crippen LogP contribution < -0.4 is 4.74 Å². The third-order valence-electron chi connectivity index (χ3n) is 2.68. The third kappa shape index (κ3) is 2.84. The number of benzene rings is 2. The molecule has 0 N–H and O–H groups in total. The molecule has 1 unspecified atom stereocenters. The van der Waals surface area contributed by atoms with Gasteiger partial charge in [0.05, 0.1) is 16.9 Å². The van der Waals surface area contributed by atoms with Crippen LogP contribution >= 0.6 is 15.9 Å². The molecule has 0 aliphatic heterocycles. The summed E-state index contributed by atoms with van der Waals surface area (Å²) in [6.07, 6.45) is 1.66. The lowest BCUT2D eigenvalue weighted by Gasteiger charge is -2.09. The van der Waals surface area contributed by atoms with Crippen LogP contribution in [0.1, 0.15) is 0 Å². The Morgan fingerprint density at radius 1 is 1.10 bits per heavy atom. The molecule has 2 rings (SSSR count). The van der Waals surface area contributed by atoms with Crippen molar-refractivity contribution in [3.05, 3.63) is 53.0 Å². The number of nitrogens with zero attached hydrogens (tertiary/aromatic N) is 2. The second-order valence-electron chi connectivity index (χ2n) is 3.85. The number of nitriles is 1. The molecule has 0 radical (unpaired) electrons. The lowest BCUT2D eigenvalue weighted by molar-refractivity contribution is 0.414. The largest absolute Gasteiger partial charge is 0.497 e. The van der Waals surface area contributed by atoms with E-state index in [0.717, 1.165) is 4.47 Å². The minimum atomic E-state index is -2.95. The zero-order valence-corrected chi connectivity index (χ0v) is 13.0. The van der Waals surface area contributed by atoms with E-state index in [2.05, 4.69) is 20.3 Å². The third-order valence-corrected chi connectivity index (χ3v) is 5.37. The summed E-state index contributed by atoms with van der Waals surface area (Å²) in [5.74, 6) is 0.656. The van der Waals surface area contributed by atoms with E-state index in [1.54, 1.807) is 61.8 Å². The maximum Gasteiger partial charge on any atom is 0.215 e. The van der Waals surface area contributed by atoms with Gasteiger partial charge in [0.25, 0.3) is 0 Å². The van der Waals surface area contributed by atoms with E-state index in [-0.39, 0.29) is 0 Å². The molecule has 4 nitrogen and oxygen atoms in total. The molecule has 2 aromatic rings. The molecule has 0 spiro atoms. The van der Waals surface area contributed by atoms with E-state index in [1.165, 1.54) is 0 Å². The van der Waals surface area contributed by atoms with Crippen molar-refractivity contribution >= 4 is 25.7 Å². The van der Waals surface area contributed by atoms with Crippen LogP contribution in [0.4, 0.5) is 0 Å². The lowest BCUT2D eigenvalue weighted by atomic mass is 10.3. The first kappa shape index (κ1) is 14.6. The van der Waals surface area contributed by atoms with Gasteiger partial charge in [-0.15, -0.1) is 4.36 Å². The molecular weight excluding hydrogens is 340 g/mol. The van der Waals surface area contributed by atoms with Crippen molar-refractivity contribution in [3.63, 3.8) is 0 Å². The Balaban J connectivity index is 2.61. The molecule has 0 saturated carbocycles. The van der Waals surface area contributed by atoms with Crippen LogP contribution in [0, 0.1) is 11.5 Å². The number of halogens is 1. The van der Waals surface area contributed by atoms with Gasteiger partial charge in [-0.2, -0.15) is 5.26 Å². The minimum Gasteiger partial charge on any atom is -0.497 e. The van der Waals surface area contributed by atoms with Crippen LogP contribution in [-0.2, 0) is 9.73 Å². The first-order valence-corrected chi connectivity index (χ1v) is 7.96. The summed E-state index contributed by atoms with van der Waals surface area (Å²) in [5, 5.41) is 8.85. The summed E-state index contributed by atoms with van der Waals surface area (Å²) in [4.78, 5) is 0.967. The maximum absolute atomic E-state index is 13.1. The Bertz CT molecular complexity index is 755. The molecule has 0 aliphatic carbocycles. The fourth-order valence-electron chi connectivity index (χ4n) is 1.68. The Kier molecular flexibility index (Phi) is 4.42. The zero-order valence-electron chi connectivity index (χ0n) is 10.6. The van der Waals surface area contributed by atoms with E-state index < -0.39 is 9.73 Å². The number of hydrogen-bond acceptors (Lipinski definition) is 4. The molecule has 102 valence electrons. The van der Waals surface area contributed by atoms with Gasteiger partial charge in [-0.05, 0) is 48.5 Å². The lowest BCUT2D eigenvalue weighted by Crippen LogP contribution is -2.01. The fraction of sp³-hybridized carbons (Fsp3) is 0.0714. The average molecular weight is 351 g/mol. The molecular formula is C14H11BrN2O2S. The van der Waals surface area contributed by atoms with E-state index >= 15 is 0 Å². The highest BCUT2D eigenvalue weighted by atomic mass is 79.9. The molecule has 0 amide bonds. The summed E-state index contributed by atoms with van der Waals surface area (Å²) < 4.78 is 22.7. The summed E-state index contributed by atoms with van der Waals surface area (Å²) >= 11 is 3.32. The van der Waals surface area contributed by atoms with Crippen LogP contribution in [0.2, 0.25) is 0 Å². The van der Waals surface area contributed by atoms with Crippen molar-refractivity contribution in [1.29, 1.82) is 5.26 Å². The van der Waals surface area contributed by atoms with E-state index in [0.29, 0.717) is 15.5 Å². The summed E-state index contributed by atoms with van der Waals surface area (Å²) in [7, 11) is -1.39. The Hall–Kier alpha value is -1.84. The first-order chi connectivity index (χ1) is 9.60. The molecule has 0 heterocycles. The van der Waals surface area contributed by atoms with Crippen molar-refractivity contribution < 1.29 is 8.95 Å². The summed E-state index contributed by atoms with van der Waals surface area (Å²) in [6.45, 7) is 0. The Morgan fingerprint density at radius 3 is 2.05 bits per heavy atom. The van der Waals surface area contributed by atoms with Crippen molar-refractivity contribution in [3.8, 4) is 11.9 Å². The molecule has 2 aromatic carbocycles. The highest BCUT2D eigenvalue weighted by molar-refractivity contribution is 9.10. The predicted molar refractivity (Wildman–Crippen MR) is 79.9 cm³/mol. The maximum atomic E-state index is 13.1. The highest BCUT2D eigenvalue weighted by Gasteiger charge is 2.16. The van der Waals surface area contributed by atoms with Crippen molar-refractivity contribution in [1.82, 2.24) is 0 Å². The second-order valence-corrected chi connectivity index (χ2v) is 6.94. The summed E-state index contributed by atoms with van der Waals surface area (Å²) in [6, 6.07) is 13.6. The molecule has 20 heavy (non-hydrogen) atoms. The van der Waals surface area contributed by atoms with Gasteiger partial charge in [0.2, 0.25) is 6.19 Å². The van der Waals surface area contributed by atoms with Crippen LogP contribution in [-0.4, -0.2) is 11.3 Å². The smallest absolute Gasteiger partial charge is 0.215 e. The van der Waals surface area contributed by atoms with Crippen LogP contribution in [0.3, 0.4) is 0 Å². The molecule has 6 heteroatoms. The van der Waals surface area contributed by atoms with Gasteiger partial charge in [-0.3, -0.25) is 0 Å². The molecule has 0 aliphatic rings. The predicted octanol–water partition coefficient (Wildman–Crippen LogP) is 3.82. The van der Waals surface area contributed by atoms with Crippen molar-refractivity contribution in [2.24, 2.45) is 4.36 Å². The number of methoxy groups -OCH3 is 1. The average Bonchev–Trinajstić information content (AvgIpc) is 2.48. The molecule has 0 aromatic heterocycles. The fourth-order valence-corrected chi connectivity index (χ4v) is 3.55. The van der Waals surface area contributed by atoms with E-state index in [1.807, 2.05) is 0 Å². The van der Waals surface area contributed by atoms with Crippen molar-refractivity contribution in [2.45, 2.75) is 9.79 Å². The normalized spacial score (nSPS) is 13.1. The van der Waals surface area contributed by atoms with Crippen molar-refractivity contribution in [2.75, 3.05) is 7.11 Å². The zero-order chi connectivity index (χ0) is 14.6. The standard InChI is InChI=1S/C14H11BrN2O2S/c1-19-12-4-8-14(9-5-12)20(18,17-10-16)13-6-2-11(15)3-7-13/h2-9H,1H3. The van der Waals surface area contributed by atoms with Gasteiger partial charge >= 0.3 is 0 Å². The number of rotatable bonds is 3. The monoisotopic (exact) mass is 350 g/mol. The number of ether oxygens (including phenoxy) is 1. The molecule has 1 atom stereocenters. The van der Waals surface area contributed by atoms with Gasteiger partial charge in [0.1, 0.15) is 15.5 Å². The van der Waals surface area contributed by atoms with Gasteiger partial charge in [-0.25, -0.2) is 4.21 Å². The van der Waals surface area contributed by atoms with E-state index in [4.69, 9.17) is 10.00 Å². The van der Waals surface area contributed by atoms with E-state index in [9.17, 15) is 4.21 Å². The SMILES string of the molecule is COc1ccc(S(=O)(=NC#N)c2ccc(Br)cc2)cc1. The molecule has 0 fully saturated rings. The second kappa shape index (κ2) is 6.07. The van der Waals surface area contributed by atoms with Gasteiger partial charge in [0.15, 0.2) is 0 Å². The quantitative estimate of drug-likeness (QED) is 0.790. The van der Waals surface area contributed by atoms with Crippen LogP contribution in [0.25, 0.3) is 0 Å². The minimum absolute atomic E-state index is 0.474. The van der Waals surface area contributed by atoms with Gasteiger partial charge in [0, 0.05) is 4.47 Å². The van der Waals surface area contributed by atoms with Crippen LogP contribution in [0.5, 0.6) is 5.75 Å². The molecule has 0 bridgehead atoms. The Morgan fingerprint density at radius 2 is 1.60 bits per heavy atom. The summed E-state index contributed by atoms with van der Waals surface area (Å²) in [5.41, 5.74) is 0. The van der Waals surface area contributed by atoms with Gasteiger partial charge < -0.3 is 4.74 Å².